The van der Waals surface area contributed by atoms with Crippen LogP contribution in [0.1, 0.15) is 32.8 Å². The molecule has 5 heteroatoms. The Morgan fingerprint density at radius 1 is 1.43 bits per heavy atom. The summed E-state index contributed by atoms with van der Waals surface area (Å²) in [7, 11) is 0. The minimum atomic E-state index is -0.483. The molecule has 2 aromatic rings. The lowest BCUT2D eigenvalue weighted by atomic mass is 10.2. The highest BCUT2D eigenvalue weighted by Gasteiger charge is 2.15. The van der Waals surface area contributed by atoms with Gasteiger partial charge in [-0.25, -0.2) is 9.78 Å². The van der Waals surface area contributed by atoms with Gasteiger partial charge < -0.3 is 14.5 Å². The molecule has 1 heterocycles. The maximum Gasteiger partial charge on any atom is 0.407 e. The zero-order valence-electron chi connectivity index (χ0n) is 12.4. The Hall–Kier alpha value is -2.48. The van der Waals surface area contributed by atoms with Crippen LogP contribution in [0.4, 0.5) is 4.79 Å². The third-order valence-electron chi connectivity index (χ3n) is 2.48. The number of alkyl carbamates (subject to hydrolysis) is 1. The lowest BCUT2D eigenvalue weighted by Crippen LogP contribution is -2.32. The van der Waals surface area contributed by atoms with Crippen molar-refractivity contribution in [3.63, 3.8) is 0 Å². The van der Waals surface area contributed by atoms with Crippen LogP contribution in [-0.4, -0.2) is 23.2 Å². The van der Waals surface area contributed by atoms with Gasteiger partial charge in [-0.05, 0) is 39.0 Å². The van der Waals surface area contributed by atoms with E-state index >= 15 is 0 Å². The van der Waals surface area contributed by atoms with Crippen LogP contribution in [0.15, 0.2) is 29.0 Å². The van der Waals surface area contributed by atoms with Crippen molar-refractivity contribution in [1.29, 1.82) is 0 Å². The highest BCUT2D eigenvalue weighted by atomic mass is 16.6. The Balaban J connectivity index is 1.80. The summed E-state index contributed by atoms with van der Waals surface area (Å²) in [5.41, 5.74) is 1.91. The number of hydrogen-bond acceptors (Lipinski definition) is 4. The number of nitrogens with zero attached hydrogens (tertiary/aromatic N) is 1. The Morgan fingerprint density at radius 3 is 3.00 bits per heavy atom. The van der Waals surface area contributed by atoms with Crippen molar-refractivity contribution in [1.82, 2.24) is 10.3 Å². The molecular formula is C16H18N2O3. The summed E-state index contributed by atoms with van der Waals surface area (Å²) >= 11 is 0. The van der Waals surface area contributed by atoms with E-state index in [-0.39, 0.29) is 0 Å². The van der Waals surface area contributed by atoms with Crippen molar-refractivity contribution in [2.45, 2.75) is 32.8 Å². The van der Waals surface area contributed by atoms with Gasteiger partial charge in [0.15, 0.2) is 12.0 Å². The number of fused-ring (bicyclic) bond motifs is 1. The van der Waals surface area contributed by atoms with Crippen molar-refractivity contribution in [3.8, 4) is 11.8 Å². The lowest BCUT2D eigenvalue weighted by molar-refractivity contribution is 0.0529. The molecule has 5 nitrogen and oxygen atoms in total. The minimum Gasteiger partial charge on any atom is -0.444 e. The largest absolute Gasteiger partial charge is 0.444 e. The van der Waals surface area contributed by atoms with E-state index in [1.54, 1.807) is 0 Å². The molecule has 0 aliphatic rings. The SMILES string of the molecule is CC(C)(C)OC(=O)NCCC#Cc1ccc2ocnc2c1. The van der Waals surface area contributed by atoms with E-state index in [0.29, 0.717) is 13.0 Å². The average Bonchev–Trinajstić information content (AvgIpc) is 2.83. The molecule has 1 amide bonds. The average molecular weight is 286 g/mol. The van der Waals surface area contributed by atoms with E-state index in [4.69, 9.17) is 9.15 Å². The molecular weight excluding hydrogens is 268 g/mol. The third-order valence-corrected chi connectivity index (χ3v) is 2.48. The van der Waals surface area contributed by atoms with Gasteiger partial charge in [-0.1, -0.05) is 11.8 Å². The van der Waals surface area contributed by atoms with Crippen molar-refractivity contribution < 1.29 is 13.9 Å². The van der Waals surface area contributed by atoms with Gasteiger partial charge in [-0.3, -0.25) is 0 Å². The Morgan fingerprint density at radius 2 is 2.24 bits per heavy atom. The van der Waals surface area contributed by atoms with E-state index in [0.717, 1.165) is 16.7 Å². The molecule has 2 rings (SSSR count). The third kappa shape index (κ3) is 4.84. The number of benzene rings is 1. The number of carbonyl (C=O) groups excluding carboxylic acids is 1. The topological polar surface area (TPSA) is 64.4 Å². The summed E-state index contributed by atoms with van der Waals surface area (Å²) in [6, 6.07) is 5.58. The van der Waals surface area contributed by atoms with Gasteiger partial charge in [0.25, 0.3) is 0 Å². The number of aromatic nitrogens is 1. The minimum absolute atomic E-state index is 0.423. The van der Waals surface area contributed by atoms with Gasteiger partial charge in [0, 0.05) is 18.5 Å². The predicted molar refractivity (Wildman–Crippen MR) is 79.7 cm³/mol. The monoisotopic (exact) mass is 286 g/mol. The Kier molecular flexibility index (Phi) is 4.49. The van der Waals surface area contributed by atoms with Crippen molar-refractivity contribution in [2.75, 3.05) is 6.54 Å². The van der Waals surface area contributed by atoms with Crippen molar-refractivity contribution >= 4 is 17.2 Å². The van der Waals surface area contributed by atoms with Crippen LogP contribution < -0.4 is 5.32 Å². The predicted octanol–water partition coefficient (Wildman–Crippen LogP) is 3.09. The smallest absolute Gasteiger partial charge is 0.407 e. The molecule has 0 saturated carbocycles. The van der Waals surface area contributed by atoms with Crippen LogP contribution in [0.25, 0.3) is 11.1 Å². The van der Waals surface area contributed by atoms with Gasteiger partial charge >= 0.3 is 6.09 Å². The summed E-state index contributed by atoms with van der Waals surface area (Å²) in [5, 5.41) is 2.66. The molecule has 1 N–H and O–H groups in total. The van der Waals surface area contributed by atoms with Gasteiger partial charge in [0.1, 0.15) is 11.1 Å². The van der Waals surface area contributed by atoms with Crippen LogP contribution in [0.5, 0.6) is 0 Å². The fraction of sp³-hybridized carbons (Fsp3) is 0.375. The molecule has 0 aliphatic carbocycles. The molecule has 1 aromatic heterocycles. The molecule has 0 bridgehead atoms. The zero-order valence-corrected chi connectivity index (χ0v) is 12.4. The molecule has 0 atom stereocenters. The fourth-order valence-electron chi connectivity index (χ4n) is 1.64. The van der Waals surface area contributed by atoms with Crippen LogP contribution in [0.2, 0.25) is 0 Å². The van der Waals surface area contributed by atoms with E-state index in [1.165, 1.54) is 6.39 Å². The lowest BCUT2D eigenvalue weighted by Gasteiger charge is -2.19. The van der Waals surface area contributed by atoms with Crippen LogP contribution in [0.3, 0.4) is 0 Å². The maximum atomic E-state index is 11.4. The second-order valence-electron chi connectivity index (χ2n) is 5.52. The first-order chi connectivity index (χ1) is 9.94. The first-order valence-corrected chi connectivity index (χ1v) is 6.73. The number of oxazole rings is 1. The number of carbonyl (C=O) groups is 1. The summed E-state index contributed by atoms with van der Waals surface area (Å²) < 4.78 is 10.3. The Bertz CT molecular complexity index is 687. The number of rotatable bonds is 2. The number of amides is 1. The first-order valence-electron chi connectivity index (χ1n) is 6.73. The molecule has 0 saturated heterocycles. The van der Waals surface area contributed by atoms with Crippen molar-refractivity contribution in [2.24, 2.45) is 0 Å². The number of ether oxygens (including phenoxy) is 1. The summed E-state index contributed by atoms with van der Waals surface area (Å²) in [6.45, 7) is 5.93. The first kappa shape index (κ1) is 14.9. The van der Waals surface area contributed by atoms with Crippen LogP contribution in [-0.2, 0) is 4.74 Å². The van der Waals surface area contributed by atoms with E-state index in [2.05, 4.69) is 22.1 Å². The van der Waals surface area contributed by atoms with Gasteiger partial charge in [-0.15, -0.1) is 0 Å². The normalized spacial score (nSPS) is 10.8. The van der Waals surface area contributed by atoms with Crippen LogP contribution in [0, 0.1) is 11.8 Å². The summed E-state index contributed by atoms with van der Waals surface area (Å²) in [5.74, 6) is 6.02. The van der Waals surface area contributed by atoms with E-state index < -0.39 is 11.7 Å². The number of nitrogens with one attached hydrogen (secondary N) is 1. The molecule has 110 valence electrons. The molecule has 21 heavy (non-hydrogen) atoms. The number of hydrogen-bond donors (Lipinski definition) is 1. The van der Waals surface area contributed by atoms with Gasteiger partial charge in [0.2, 0.25) is 0 Å². The molecule has 0 spiro atoms. The van der Waals surface area contributed by atoms with E-state index in [9.17, 15) is 4.79 Å². The maximum absolute atomic E-state index is 11.4. The fourth-order valence-corrected chi connectivity index (χ4v) is 1.64. The molecule has 0 unspecified atom stereocenters. The molecule has 1 aromatic carbocycles. The summed E-state index contributed by atoms with van der Waals surface area (Å²) in [6.07, 6.45) is 1.54. The highest BCUT2D eigenvalue weighted by Crippen LogP contribution is 2.13. The second kappa shape index (κ2) is 6.31. The van der Waals surface area contributed by atoms with Gasteiger partial charge in [0.05, 0.1) is 0 Å². The van der Waals surface area contributed by atoms with Gasteiger partial charge in [-0.2, -0.15) is 0 Å². The molecule has 0 aliphatic heterocycles. The van der Waals surface area contributed by atoms with E-state index in [1.807, 2.05) is 39.0 Å². The highest BCUT2D eigenvalue weighted by molar-refractivity contribution is 5.74. The molecule has 0 radical (unpaired) electrons. The standard InChI is InChI=1S/C16H18N2O3/c1-16(2,3)21-15(19)17-9-5-4-6-12-7-8-14-13(10-12)18-11-20-14/h7-8,10-11H,5,9H2,1-3H3,(H,17,19). The summed E-state index contributed by atoms with van der Waals surface area (Å²) in [4.78, 5) is 15.5. The quantitative estimate of drug-likeness (QED) is 0.680. The van der Waals surface area contributed by atoms with Crippen LogP contribution >= 0.6 is 0 Å². The second-order valence-corrected chi connectivity index (χ2v) is 5.52. The van der Waals surface area contributed by atoms with Crippen molar-refractivity contribution in [3.05, 3.63) is 30.2 Å². The zero-order chi connectivity index (χ0) is 15.3. The Labute approximate surface area is 123 Å². The molecule has 0 fully saturated rings.